The Morgan fingerprint density at radius 3 is 1.90 bits per heavy atom. The Hall–Kier alpha value is -2.79. The largest absolute Gasteiger partial charge is 0.477 e. The molecule has 1 aromatic heterocycles. The number of sulfonamides is 1. The number of nitrogens with two attached hydrogens (primary N) is 1. The van der Waals surface area contributed by atoms with Gasteiger partial charge in [0, 0.05) is 11.1 Å². The highest BCUT2D eigenvalue weighted by Gasteiger charge is 2.61. The molecule has 0 aliphatic heterocycles. The van der Waals surface area contributed by atoms with Crippen molar-refractivity contribution < 1.29 is 30.4 Å². The molecule has 0 bridgehead atoms. The Balaban J connectivity index is 2.33. The van der Waals surface area contributed by atoms with E-state index >= 15 is 0 Å². The summed E-state index contributed by atoms with van der Waals surface area (Å²) in [5.74, 6) is 0. The van der Waals surface area contributed by atoms with Crippen LogP contribution in [0.4, 0.5) is 22.0 Å². The molecule has 0 aliphatic rings. The van der Waals surface area contributed by atoms with Gasteiger partial charge in [0.15, 0.2) is 0 Å². The minimum Gasteiger partial charge on any atom is -0.225 e. The average Bonchev–Trinajstić information content (AvgIpc) is 3.07. The zero-order valence-electron chi connectivity index (χ0n) is 16.4. The maximum Gasteiger partial charge on any atom is 0.477 e. The number of nitrogens with zero attached hydrogens (tertiary/aromatic N) is 2. The van der Waals surface area contributed by atoms with Crippen molar-refractivity contribution >= 4 is 10.0 Å². The highest BCUT2D eigenvalue weighted by Crippen LogP contribution is 2.44. The maximum absolute atomic E-state index is 14.3. The average molecular weight is 459 g/mol. The normalized spacial score (nSPS) is 12.9. The third kappa shape index (κ3) is 4.19. The second kappa shape index (κ2) is 7.72. The molecule has 0 aliphatic carbocycles. The van der Waals surface area contributed by atoms with Crippen molar-refractivity contribution in [2.75, 3.05) is 0 Å². The van der Waals surface area contributed by atoms with E-state index in [1.165, 1.54) is 19.1 Å². The third-order valence-electron chi connectivity index (χ3n) is 4.72. The Morgan fingerprint density at radius 2 is 1.45 bits per heavy atom. The summed E-state index contributed by atoms with van der Waals surface area (Å²) in [7, 11) is -4.01. The predicted molar refractivity (Wildman–Crippen MR) is 105 cm³/mol. The predicted octanol–water partition coefficient (Wildman–Crippen LogP) is 4.85. The van der Waals surface area contributed by atoms with Crippen LogP contribution in [0.3, 0.4) is 0 Å². The summed E-state index contributed by atoms with van der Waals surface area (Å²) in [5, 5.41) is 8.71. The minimum atomic E-state index is -5.86. The lowest BCUT2D eigenvalue weighted by Crippen LogP contribution is -2.41. The zero-order valence-corrected chi connectivity index (χ0v) is 17.2. The summed E-state index contributed by atoms with van der Waals surface area (Å²) in [5.41, 5.74) is 1.09. The first-order valence-corrected chi connectivity index (χ1v) is 10.6. The van der Waals surface area contributed by atoms with Gasteiger partial charge in [-0.2, -0.15) is 31.7 Å². The number of hydrogen-bond acceptors (Lipinski definition) is 3. The summed E-state index contributed by atoms with van der Waals surface area (Å²) in [6.07, 6.45) is -6.01. The van der Waals surface area contributed by atoms with Gasteiger partial charge in [0.1, 0.15) is 5.69 Å². The van der Waals surface area contributed by atoms with Gasteiger partial charge in [-0.25, -0.2) is 13.6 Å². The van der Waals surface area contributed by atoms with Gasteiger partial charge in [-0.1, -0.05) is 48.9 Å². The molecule has 31 heavy (non-hydrogen) atoms. The van der Waals surface area contributed by atoms with E-state index in [2.05, 4.69) is 5.10 Å². The van der Waals surface area contributed by atoms with E-state index in [1.54, 1.807) is 31.2 Å². The Bertz CT molecular complexity index is 1200. The molecule has 0 amide bonds. The monoisotopic (exact) mass is 459 g/mol. The number of benzene rings is 2. The molecule has 2 N–H and O–H groups in total. The molecule has 0 fully saturated rings. The fraction of sp³-hybridized carbons (Fsp3) is 0.250. The molecule has 166 valence electrons. The topological polar surface area (TPSA) is 78.0 Å². The van der Waals surface area contributed by atoms with Gasteiger partial charge >= 0.3 is 12.2 Å². The molecule has 0 saturated carbocycles. The van der Waals surface area contributed by atoms with Crippen LogP contribution in [0.1, 0.15) is 18.2 Å². The molecule has 0 unspecified atom stereocenters. The van der Waals surface area contributed by atoms with Gasteiger partial charge in [-0.3, -0.25) is 0 Å². The molecular formula is C20H18F5N3O2S. The molecular weight excluding hydrogens is 441 g/mol. The van der Waals surface area contributed by atoms with Crippen LogP contribution in [0.15, 0.2) is 53.4 Å². The van der Waals surface area contributed by atoms with Gasteiger partial charge in [-0.05, 0) is 31.0 Å². The highest BCUT2D eigenvalue weighted by molar-refractivity contribution is 7.89. The molecule has 0 radical (unpaired) electrons. The summed E-state index contributed by atoms with van der Waals surface area (Å²) in [6, 6.07) is 6.14. The van der Waals surface area contributed by atoms with Gasteiger partial charge in [0.2, 0.25) is 10.0 Å². The molecule has 3 aromatic rings. The minimum absolute atomic E-state index is 0.106. The molecule has 5 nitrogen and oxygen atoms in total. The second-order valence-electron chi connectivity index (χ2n) is 6.91. The van der Waals surface area contributed by atoms with E-state index in [-0.39, 0.29) is 38.5 Å². The molecule has 2 aromatic carbocycles. The number of aryl methyl sites for hydroxylation is 1. The number of aromatic nitrogens is 2. The third-order valence-corrected chi connectivity index (χ3v) is 5.65. The molecule has 11 heteroatoms. The summed E-state index contributed by atoms with van der Waals surface area (Å²) in [4.78, 5) is -0.232. The number of hydrogen-bond donors (Lipinski definition) is 1. The molecule has 0 atom stereocenters. The van der Waals surface area contributed by atoms with Crippen LogP contribution in [0, 0.1) is 6.92 Å². The maximum atomic E-state index is 14.3. The number of halogens is 5. The second-order valence-corrected chi connectivity index (χ2v) is 8.47. The SMILES string of the molecule is CCc1c(-c2ccc(C)cc2)c(-c2ccc(S(N)(=O)=O)cc2)nn1C(F)(F)C(F)(F)F. The lowest BCUT2D eigenvalue weighted by Gasteiger charge is -2.21. The first-order valence-electron chi connectivity index (χ1n) is 9.04. The Labute approximate surface area is 175 Å². The van der Waals surface area contributed by atoms with Crippen molar-refractivity contribution in [3.8, 4) is 22.4 Å². The standard InChI is InChI=1S/C20H18F5N3O2S/c1-3-16-17(13-6-4-12(2)5-7-13)18(27-28(16)20(24,25)19(21,22)23)14-8-10-15(11-9-14)31(26,29)30/h4-11H,3H2,1-2H3,(H2,26,29,30). The van der Waals surface area contributed by atoms with Crippen LogP contribution < -0.4 is 5.14 Å². The smallest absolute Gasteiger partial charge is 0.225 e. The van der Waals surface area contributed by atoms with E-state index in [4.69, 9.17) is 5.14 Å². The summed E-state index contributed by atoms with van der Waals surface area (Å²) >= 11 is 0. The van der Waals surface area contributed by atoms with Crippen LogP contribution in [-0.4, -0.2) is 24.4 Å². The van der Waals surface area contributed by atoms with Crippen molar-refractivity contribution in [1.82, 2.24) is 9.78 Å². The molecule has 0 spiro atoms. The van der Waals surface area contributed by atoms with Crippen LogP contribution in [-0.2, 0) is 22.5 Å². The molecule has 0 saturated heterocycles. The van der Waals surface area contributed by atoms with E-state index < -0.39 is 22.2 Å². The Morgan fingerprint density at radius 1 is 0.935 bits per heavy atom. The van der Waals surface area contributed by atoms with Gasteiger partial charge < -0.3 is 0 Å². The van der Waals surface area contributed by atoms with E-state index in [0.29, 0.717) is 5.56 Å². The van der Waals surface area contributed by atoms with Crippen LogP contribution in [0.2, 0.25) is 0 Å². The lowest BCUT2D eigenvalue weighted by molar-refractivity contribution is -0.328. The molecule has 1 heterocycles. The Kier molecular flexibility index (Phi) is 5.70. The zero-order chi connectivity index (χ0) is 23.2. The van der Waals surface area contributed by atoms with E-state index in [0.717, 1.165) is 17.7 Å². The van der Waals surface area contributed by atoms with Crippen LogP contribution in [0.25, 0.3) is 22.4 Å². The fourth-order valence-electron chi connectivity index (χ4n) is 3.16. The highest BCUT2D eigenvalue weighted by atomic mass is 32.2. The van der Waals surface area contributed by atoms with E-state index in [1.807, 2.05) is 0 Å². The van der Waals surface area contributed by atoms with Crippen LogP contribution >= 0.6 is 0 Å². The molecule has 3 rings (SSSR count). The first kappa shape index (κ1) is 22.9. The van der Waals surface area contributed by atoms with Crippen molar-refractivity contribution in [3.05, 3.63) is 59.8 Å². The number of alkyl halides is 5. The van der Waals surface area contributed by atoms with Crippen molar-refractivity contribution in [2.24, 2.45) is 5.14 Å². The van der Waals surface area contributed by atoms with Crippen molar-refractivity contribution in [3.63, 3.8) is 0 Å². The number of primary sulfonamides is 1. The number of rotatable bonds is 5. The summed E-state index contributed by atoms with van der Waals surface area (Å²) in [6.45, 7) is 3.25. The van der Waals surface area contributed by atoms with Crippen LogP contribution in [0.5, 0.6) is 0 Å². The van der Waals surface area contributed by atoms with Gasteiger partial charge in [0.05, 0.1) is 10.6 Å². The van der Waals surface area contributed by atoms with Crippen molar-refractivity contribution in [2.45, 2.75) is 37.4 Å². The quantitative estimate of drug-likeness (QED) is 0.555. The lowest BCUT2D eigenvalue weighted by atomic mass is 9.97. The van der Waals surface area contributed by atoms with Gasteiger partial charge in [0.25, 0.3) is 0 Å². The first-order chi connectivity index (χ1) is 14.3. The van der Waals surface area contributed by atoms with Gasteiger partial charge in [-0.15, -0.1) is 0 Å². The summed E-state index contributed by atoms with van der Waals surface area (Å²) < 4.78 is 90.6. The van der Waals surface area contributed by atoms with E-state index in [9.17, 15) is 30.4 Å². The van der Waals surface area contributed by atoms with Crippen molar-refractivity contribution in [1.29, 1.82) is 0 Å². The fourth-order valence-corrected chi connectivity index (χ4v) is 3.68.